The first-order valence-electron chi connectivity index (χ1n) is 6.73. The average Bonchev–Trinajstić information content (AvgIpc) is 2.95. The smallest absolute Gasteiger partial charge is 0.219 e. The van der Waals surface area contributed by atoms with Gasteiger partial charge in [-0.3, -0.25) is 9.48 Å². The summed E-state index contributed by atoms with van der Waals surface area (Å²) in [6.07, 6.45) is 6.72. The molecule has 2 aromatic rings. The monoisotopic (exact) mass is 273 g/mol. The van der Waals surface area contributed by atoms with Crippen LogP contribution < -0.4 is 5.32 Å². The minimum Gasteiger partial charge on any atom is -0.352 e. The second kappa shape index (κ2) is 4.70. The third-order valence-electron chi connectivity index (χ3n) is 3.82. The van der Waals surface area contributed by atoms with Crippen LogP contribution in [-0.2, 0) is 31.9 Å². The van der Waals surface area contributed by atoms with Gasteiger partial charge in [0.05, 0.1) is 17.6 Å². The Labute approximate surface area is 118 Å². The van der Waals surface area contributed by atoms with Gasteiger partial charge in [-0.25, -0.2) is 0 Å². The molecular weight excluding hydrogens is 254 g/mol. The molecule has 3 rings (SSSR count). The van der Waals surface area contributed by atoms with Gasteiger partial charge in [-0.2, -0.15) is 5.10 Å². The molecule has 6 nitrogen and oxygen atoms in total. The van der Waals surface area contributed by atoms with Crippen LogP contribution in [0.2, 0.25) is 0 Å². The van der Waals surface area contributed by atoms with E-state index in [2.05, 4.69) is 28.2 Å². The zero-order chi connectivity index (χ0) is 14.3. The Morgan fingerprint density at radius 1 is 1.35 bits per heavy atom. The minimum absolute atomic E-state index is 0.131. The van der Waals surface area contributed by atoms with Crippen molar-refractivity contribution in [3.8, 4) is 0 Å². The highest BCUT2D eigenvalue weighted by molar-refractivity contribution is 5.74. The van der Waals surface area contributed by atoms with Gasteiger partial charge in [-0.15, -0.1) is 0 Å². The maximum absolute atomic E-state index is 11.6. The molecule has 6 heteroatoms. The van der Waals surface area contributed by atoms with Crippen molar-refractivity contribution in [3.05, 3.63) is 29.8 Å². The molecular formula is C14H19N5O. The molecule has 0 spiro atoms. The van der Waals surface area contributed by atoms with Gasteiger partial charge in [-0.1, -0.05) is 0 Å². The number of hydrogen-bond acceptors (Lipinski definition) is 3. The molecule has 1 N–H and O–H groups in total. The van der Waals surface area contributed by atoms with Crippen LogP contribution in [0.25, 0.3) is 0 Å². The van der Waals surface area contributed by atoms with Crippen molar-refractivity contribution in [1.82, 2.24) is 19.2 Å². The van der Waals surface area contributed by atoms with Crippen LogP contribution in [0.5, 0.6) is 0 Å². The number of fused-ring (bicyclic) bond motifs is 1. The van der Waals surface area contributed by atoms with Crippen molar-refractivity contribution in [1.29, 1.82) is 0 Å². The molecule has 0 fully saturated rings. The van der Waals surface area contributed by atoms with Crippen molar-refractivity contribution >= 4 is 17.3 Å². The highest BCUT2D eigenvalue weighted by atomic mass is 16.2. The van der Waals surface area contributed by atoms with E-state index in [1.54, 1.807) is 17.8 Å². The lowest BCUT2D eigenvalue weighted by atomic mass is 10.1. The molecule has 0 aliphatic carbocycles. The first-order chi connectivity index (χ1) is 9.54. The molecule has 1 aliphatic rings. The maximum Gasteiger partial charge on any atom is 0.219 e. The summed E-state index contributed by atoms with van der Waals surface area (Å²) in [6.45, 7) is 3.10. The molecule has 0 saturated carbocycles. The third-order valence-corrected chi connectivity index (χ3v) is 3.82. The largest absolute Gasteiger partial charge is 0.352 e. The van der Waals surface area contributed by atoms with Gasteiger partial charge < -0.3 is 14.8 Å². The second-order valence-corrected chi connectivity index (χ2v) is 5.30. The maximum atomic E-state index is 11.6. The van der Waals surface area contributed by atoms with Crippen LogP contribution in [0.1, 0.15) is 18.2 Å². The summed E-state index contributed by atoms with van der Waals surface area (Å²) in [4.78, 5) is 13.5. The fraction of sp³-hybridized carbons (Fsp3) is 0.429. The van der Waals surface area contributed by atoms with E-state index >= 15 is 0 Å². The summed E-state index contributed by atoms with van der Waals surface area (Å²) >= 11 is 0. The number of anilines is 2. The summed E-state index contributed by atoms with van der Waals surface area (Å²) in [7, 11) is 3.94. The van der Waals surface area contributed by atoms with Crippen molar-refractivity contribution in [3.63, 3.8) is 0 Å². The van der Waals surface area contributed by atoms with E-state index in [9.17, 15) is 4.79 Å². The quantitative estimate of drug-likeness (QED) is 0.900. The number of hydrogen-bond donors (Lipinski definition) is 1. The standard InChI is InChI=1S/C14H19N5O/c1-10(20)19-5-4-14-12(8-19)13(9-17(14)2)16-11-6-15-18(3)7-11/h6-7,9,16H,4-5,8H2,1-3H3. The Balaban J connectivity index is 1.91. The van der Waals surface area contributed by atoms with Gasteiger partial charge in [0.15, 0.2) is 0 Å². The summed E-state index contributed by atoms with van der Waals surface area (Å²) in [5.41, 5.74) is 4.52. The Kier molecular flexibility index (Phi) is 3.00. The van der Waals surface area contributed by atoms with Crippen molar-refractivity contribution in [2.24, 2.45) is 14.1 Å². The molecule has 106 valence electrons. The summed E-state index contributed by atoms with van der Waals surface area (Å²) in [5.74, 6) is 0.131. The molecule has 0 bridgehead atoms. The van der Waals surface area contributed by atoms with Gasteiger partial charge >= 0.3 is 0 Å². The molecule has 0 radical (unpaired) electrons. The van der Waals surface area contributed by atoms with Crippen LogP contribution >= 0.6 is 0 Å². The van der Waals surface area contributed by atoms with E-state index in [1.807, 2.05) is 18.1 Å². The van der Waals surface area contributed by atoms with Crippen LogP contribution in [0.3, 0.4) is 0 Å². The first kappa shape index (κ1) is 12.8. The number of aromatic nitrogens is 3. The number of amides is 1. The molecule has 0 aromatic carbocycles. The zero-order valence-electron chi connectivity index (χ0n) is 12.1. The molecule has 20 heavy (non-hydrogen) atoms. The third kappa shape index (κ3) is 2.17. The summed E-state index contributed by atoms with van der Waals surface area (Å²) in [6, 6.07) is 0. The average molecular weight is 273 g/mol. The Morgan fingerprint density at radius 3 is 2.80 bits per heavy atom. The molecule has 1 amide bonds. The number of carbonyl (C=O) groups is 1. The minimum atomic E-state index is 0.131. The van der Waals surface area contributed by atoms with Crippen molar-refractivity contribution < 1.29 is 4.79 Å². The van der Waals surface area contributed by atoms with Gasteiger partial charge in [0.25, 0.3) is 0 Å². The van der Waals surface area contributed by atoms with Crippen LogP contribution in [0.4, 0.5) is 11.4 Å². The van der Waals surface area contributed by atoms with Crippen molar-refractivity contribution in [2.75, 3.05) is 11.9 Å². The Hall–Kier alpha value is -2.24. The summed E-state index contributed by atoms with van der Waals surface area (Å²) in [5, 5.41) is 7.55. The molecule has 3 heterocycles. The number of nitrogens with zero attached hydrogens (tertiary/aromatic N) is 4. The lowest BCUT2D eigenvalue weighted by Crippen LogP contribution is -2.34. The van der Waals surface area contributed by atoms with E-state index in [-0.39, 0.29) is 5.91 Å². The summed E-state index contributed by atoms with van der Waals surface area (Å²) < 4.78 is 3.91. The highest BCUT2D eigenvalue weighted by Gasteiger charge is 2.23. The van der Waals surface area contributed by atoms with E-state index in [0.29, 0.717) is 6.54 Å². The molecule has 1 aliphatic heterocycles. The molecule has 0 unspecified atom stereocenters. The molecule has 0 atom stereocenters. The Bertz CT molecular complexity index is 655. The van der Waals surface area contributed by atoms with E-state index in [4.69, 9.17) is 0 Å². The fourth-order valence-electron chi connectivity index (χ4n) is 2.75. The first-order valence-corrected chi connectivity index (χ1v) is 6.73. The van der Waals surface area contributed by atoms with E-state index in [1.165, 1.54) is 11.3 Å². The predicted molar refractivity (Wildman–Crippen MR) is 76.7 cm³/mol. The van der Waals surface area contributed by atoms with Gasteiger partial charge in [0, 0.05) is 64.2 Å². The SMILES string of the molecule is CC(=O)N1CCc2c(c(Nc3cnn(C)c3)cn2C)C1. The van der Waals surface area contributed by atoms with Crippen LogP contribution in [-0.4, -0.2) is 31.7 Å². The topological polar surface area (TPSA) is 55.1 Å². The molecule has 2 aromatic heterocycles. The number of aryl methyl sites for hydroxylation is 2. The van der Waals surface area contributed by atoms with E-state index < -0.39 is 0 Å². The van der Waals surface area contributed by atoms with Crippen LogP contribution in [0, 0.1) is 0 Å². The lowest BCUT2D eigenvalue weighted by Gasteiger charge is -2.27. The van der Waals surface area contributed by atoms with Crippen molar-refractivity contribution in [2.45, 2.75) is 19.9 Å². The fourth-order valence-corrected chi connectivity index (χ4v) is 2.75. The number of carbonyl (C=O) groups excluding carboxylic acids is 1. The lowest BCUT2D eigenvalue weighted by molar-refractivity contribution is -0.129. The van der Waals surface area contributed by atoms with Gasteiger partial charge in [-0.05, 0) is 0 Å². The Morgan fingerprint density at radius 2 is 2.15 bits per heavy atom. The van der Waals surface area contributed by atoms with Gasteiger partial charge in [0.2, 0.25) is 5.91 Å². The normalized spacial score (nSPS) is 14.2. The van der Waals surface area contributed by atoms with Crippen LogP contribution in [0.15, 0.2) is 18.6 Å². The zero-order valence-corrected chi connectivity index (χ0v) is 12.1. The predicted octanol–water partition coefficient (Wildman–Crippen LogP) is 1.41. The second-order valence-electron chi connectivity index (χ2n) is 5.30. The number of nitrogens with one attached hydrogen (secondary N) is 1. The number of rotatable bonds is 2. The highest BCUT2D eigenvalue weighted by Crippen LogP contribution is 2.30. The van der Waals surface area contributed by atoms with Gasteiger partial charge in [0.1, 0.15) is 0 Å². The molecule has 0 saturated heterocycles. The van der Waals surface area contributed by atoms with E-state index in [0.717, 1.165) is 24.3 Å².